The van der Waals surface area contributed by atoms with Crippen molar-refractivity contribution in [1.82, 2.24) is 15.3 Å². The Morgan fingerprint density at radius 1 is 1.41 bits per heavy atom. The van der Waals surface area contributed by atoms with Gasteiger partial charge in [-0.25, -0.2) is 18.4 Å². The molecule has 0 saturated carbocycles. The quantitative estimate of drug-likeness (QED) is 0.840. The maximum Gasteiger partial charge on any atom is 0.153 e. The SMILES string of the molecule is Cc1nccc(CNCC(C)(C)S(C)(=O)=O)n1. The Morgan fingerprint density at radius 2 is 2.06 bits per heavy atom. The molecular formula is C11H19N3O2S. The van der Waals surface area contributed by atoms with Crippen LogP contribution in [-0.4, -0.2) is 35.9 Å². The van der Waals surface area contributed by atoms with Crippen LogP contribution in [0.15, 0.2) is 12.3 Å². The summed E-state index contributed by atoms with van der Waals surface area (Å²) in [6.45, 7) is 6.18. The van der Waals surface area contributed by atoms with Crippen LogP contribution in [-0.2, 0) is 16.4 Å². The molecule has 0 saturated heterocycles. The van der Waals surface area contributed by atoms with E-state index in [0.717, 1.165) is 5.69 Å². The molecule has 0 aliphatic heterocycles. The monoisotopic (exact) mass is 257 g/mol. The number of aryl methyl sites for hydroxylation is 1. The zero-order valence-corrected chi connectivity index (χ0v) is 11.5. The molecule has 0 atom stereocenters. The summed E-state index contributed by atoms with van der Waals surface area (Å²) in [7, 11) is -3.06. The van der Waals surface area contributed by atoms with Gasteiger partial charge in [0.2, 0.25) is 0 Å². The normalized spacial score (nSPS) is 12.7. The van der Waals surface area contributed by atoms with E-state index in [9.17, 15) is 8.42 Å². The van der Waals surface area contributed by atoms with Crippen LogP contribution < -0.4 is 5.32 Å². The minimum absolute atomic E-state index is 0.398. The average Bonchev–Trinajstić information content (AvgIpc) is 2.15. The first kappa shape index (κ1) is 14.1. The van der Waals surface area contributed by atoms with Crippen LogP contribution >= 0.6 is 0 Å². The highest BCUT2D eigenvalue weighted by Gasteiger charge is 2.29. The van der Waals surface area contributed by atoms with Gasteiger partial charge < -0.3 is 5.32 Å². The lowest BCUT2D eigenvalue weighted by atomic mass is 10.2. The smallest absolute Gasteiger partial charge is 0.153 e. The third-order valence-corrected chi connectivity index (χ3v) is 4.85. The Hall–Kier alpha value is -1.01. The van der Waals surface area contributed by atoms with Crippen LogP contribution in [0, 0.1) is 6.92 Å². The first-order chi connectivity index (χ1) is 7.72. The summed E-state index contributed by atoms with van der Waals surface area (Å²) in [6.07, 6.45) is 2.95. The lowest BCUT2D eigenvalue weighted by Gasteiger charge is -2.22. The van der Waals surface area contributed by atoms with Crippen molar-refractivity contribution in [1.29, 1.82) is 0 Å². The Labute approximate surface area is 103 Å². The minimum Gasteiger partial charge on any atom is -0.310 e. The van der Waals surface area contributed by atoms with Gasteiger partial charge in [-0.15, -0.1) is 0 Å². The second kappa shape index (κ2) is 5.10. The Morgan fingerprint density at radius 3 is 2.59 bits per heavy atom. The molecule has 0 spiro atoms. The highest BCUT2D eigenvalue weighted by molar-refractivity contribution is 7.92. The molecule has 0 radical (unpaired) electrons. The fraction of sp³-hybridized carbons (Fsp3) is 0.636. The molecule has 1 rings (SSSR count). The number of aromatic nitrogens is 2. The fourth-order valence-corrected chi connectivity index (χ4v) is 1.59. The van der Waals surface area contributed by atoms with Crippen molar-refractivity contribution in [2.24, 2.45) is 0 Å². The minimum atomic E-state index is -3.06. The van der Waals surface area contributed by atoms with Gasteiger partial charge in [0, 0.05) is 25.5 Å². The highest BCUT2D eigenvalue weighted by Crippen LogP contribution is 2.13. The van der Waals surface area contributed by atoms with Crippen LogP contribution in [0.25, 0.3) is 0 Å². The van der Waals surface area contributed by atoms with Crippen molar-refractivity contribution in [2.45, 2.75) is 32.1 Å². The number of sulfone groups is 1. The molecule has 5 nitrogen and oxygen atoms in total. The van der Waals surface area contributed by atoms with Crippen LogP contribution in [0.5, 0.6) is 0 Å². The van der Waals surface area contributed by atoms with Gasteiger partial charge in [0.25, 0.3) is 0 Å². The summed E-state index contributed by atoms with van der Waals surface area (Å²) in [4.78, 5) is 8.23. The van der Waals surface area contributed by atoms with Gasteiger partial charge in [-0.05, 0) is 26.8 Å². The van der Waals surface area contributed by atoms with Crippen molar-refractivity contribution in [3.63, 3.8) is 0 Å². The van der Waals surface area contributed by atoms with Gasteiger partial charge in [0.05, 0.1) is 10.4 Å². The van der Waals surface area contributed by atoms with Crippen LogP contribution in [0.3, 0.4) is 0 Å². The number of hydrogen-bond donors (Lipinski definition) is 1. The van der Waals surface area contributed by atoms with E-state index < -0.39 is 14.6 Å². The van der Waals surface area contributed by atoms with Crippen molar-refractivity contribution < 1.29 is 8.42 Å². The van der Waals surface area contributed by atoms with Gasteiger partial charge in [-0.2, -0.15) is 0 Å². The van der Waals surface area contributed by atoms with Crippen molar-refractivity contribution in [3.8, 4) is 0 Å². The molecular weight excluding hydrogens is 238 g/mol. The number of nitrogens with one attached hydrogen (secondary N) is 1. The Bertz CT molecular complexity index is 483. The van der Waals surface area contributed by atoms with Crippen molar-refractivity contribution >= 4 is 9.84 Å². The van der Waals surface area contributed by atoms with Gasteiger partial charge in [0.1, 0.15) is 5.82 Å². The Kier molecular flexibility index (Phi) is 4.21. The van der Waals surface area contributed by atoms with E-state index in [1.54, 1.807) is 20.0 Å². The number of rotatable bonds is 5. The maximum atomic E-state index is 11.5. The van der Waals surface area contributed by atoms with Gasteiger partial charge in [0.15, 0.2) is 9.84 Å². The molecule has 17 heavy (non-hydrogen) atoms. The molecule has 0 bridgehead atoms. The van der Waals surface area contributed by atoms with E-state index in [4.69, 9.17) is 0 Å². The molecule has 96 valence electrons. The van der Waals surface area contributed by atoms with E-state index in [0.29, 0.717) is 18.9 Å². The predicted octanol–water partition coefficient (Wildman–Crippen LogP) is 0.698. The zero-order valence-electron chi connectivity index (χ0n) is 10.7. The molecule has 0 aromatic carbocycles. The first-order valence-electron chi connectivity index (χ1n) is 5.41. The molecule has 0 fully saturated rings. The predicted molar refractivity (Wildman–Crippen MR) is 67.4 cm³/mol. The van der Waals surface area contributed by atoms with Gasteiger partial charge >= 0.3 is 0 Å². The van der Waals surface area contributed by atoms with Crippen molar-refractivity contribution in [3.05, 3.63) is 23.8 Å². The number of nitrogens with zero attached hydrogens (tertiary/aromatic N) is 2. The fourth-order valence-electron chi connectivity index (χ4n) is 1.23. The van der Waals surface area contributed by atoms with E-state index in [-0.39, 0.29) is 0 Å². The maximum absolute atomic E-state index is 11.5. The summed E-state index contributed by atoms with van der Waals surface area (Å²) in [6, 6.07) is 1.81. The van der Waals surface area contributed by atoms with Gasteiger partial charge in [-0.3, -0.25) is 0 Å². The topological polar surface area (TPSA) is 72.0 Å². The molecule has 6 heteroatoms. The molecule has 1 N–H and O–H groups in total. The molecule has 0 amide bonds. The molecule has 0 aliphatic carbocycles. The number of hydrogen-bond acceptors (Lipinski definition) is 5. The third kappa shape index (κ3) is 4.05. The van der Waals surface area contributed by atoms with Crippen molar-refractivity contribution in [2.75, 3.05) is 12.8 Å². The molecule has 1 aromatic heterocycles. The van der Waals surface area contributed by atoms with E-state index in [2.05, 4.69) is 15.3 Å². The second-order valence-electron chi connectivity index (χ2n) is 4.73. The van der Waals surface area contributed by atoms with Crippen LogP contribution in [0.2, 0.25) is 0 Å². The summed E-state index contributed by atoms with van der Waals surface area (Å²) in [5.74, 6) is 0.715. The van der Waals surface area contributed by atoms with E-state index in [1.807, 2.05) is 13.0 Å². The summed E-state index contributed by atoms with van der Waals surface area (Å²) < 4.78 is 22.2. The molecule has 0 aliphatic rings. The van der Waals surface area contributed by atoms with Crippen LogP contribution in [0.4, 0.5) is 0 Å². The van der Waals surface area contributed by atoms with Gasteiger partial charge in [-0.1, -0.05) is 0 Å². The highest BCUT2D eigenvalue weighted by atomic mass is 32.2. The largest absolute Gasteiger partial charge is 0.310 e. The molecule has 1 heterocycles. The first-order valence-corrected chi connectivity index (χ1v) is 7.30. The lowest BCUT2D eigenvalue weighted by molar-refractivity contribution is 0.519. The summed E-state index contributed by atoms with van der Waals surface area (Å²) in [5.41, 5.74) is 0.863. The molecule has 1 aromatic rings. The standard InChI is InChI=1S/C11H19N3O2S/c1-9-13-6-5-10(14-9)7-12-8-11(2,3)17(4,15)16/h5-6,12H,7-8H2,1-4H3. The Balaban J connectivity index is 2.54. The zero-order chi connectivity index (χ0) is 13.1. The average molecular weight is 257 g/mol. The second-order valence-corrected chi connectivity index (χ2v) is 7.38. The molecule has 0 unspecified atom stereocenters. The summed E-state index contributed by atoms with van der Waals surface area (Å²) in [5, 5.41) is 3.11. The summed E-state index contributed by atoms with van der Waals surface area (Å²) >= 11 is 0. The third-order valence-electron chi connectivity index (χ3n) is 2.69. The lowest BCUT2D eigenvalue weighted by Crippen LogP contribution is -2.41. The van der Waals surface area contributed by atoms with E-state index in [1.165, 1.54) is 6.26 Å². The van der Waals surface area contributed by atoms with Crippen LogP contribution in [0.1, 0.15) is 25.4 Å². The van der Waals surface area contributed by atoms with E-state index >= 15 is 0 Å².